The molecule has 0 bridgehead atoms. The highest BCUT2D eigenvalue weighted by Crippen LogP contribution is 2.35. The zero-order valence-corrected chi connectivity index (χ0v) is 16.8. The van der Waals surface area contributed by atoms with Gasteiger partial charge in [0, 0.05) is 31.2 Å². The minimum absolute atomic E-state index is 0.0788. The average Bonchev–Trinajstić information content (AvgIpc) is 2.69. The number of hydrogen-bond acceptors (Lipinski definition) is 3. The average molecular weight is 403 g/mol. The number of benzene rings is 2. The second-order valence-electron chi connectivity index (χ2n) is 7.76. The van der Waals surface area contributed by atoms with Crippen LogP contribution in [-0.4, -0.2) is 34.9 Å². The van der Waals surface area contributed by atoms with Gasteiger partial charge in [-0.2, -0.15) is 0 Å². The molecular formula is C23H27F2NO3. The van der Waals surface area contributed by atoms with Crippen LogP contribution in [0, 0.1) is 11.6 Å². The van der Waals surface area contributed by atoms with E-state index in [4.69, 9.17) is 9.84 Å². The molecule has 1 aliphatic heterocycles. The van der Waals surface area contributed by atoms with Crippen molar-refractivity contribution in [3.05, 3.63) is 59.7 Å². The van der Waals surface area contributed by atoms with Crippen LogP contribution < -0.4 is 0 Å². The van der Waals surface area contributed by atoms with Crippen LogP contribution in [0.25, 0.3) is 11.1 Å². The summed E-state index contributed by atoms with van der Waals surface area (Å²) in [5.74, 6) is -1.21. The van der Waals surface area contributed by atoms with Gasteiger partial charge in [-0.1, -0.05) is 31.2 Å². The molecule has 4 nitrogen and oxygen atoms in total. The predicted molar refractivity (Wildman–Crippen MR) is 107 cm³/mol. The van der Waals surface area contributed by atoms with Crippen LogP contribution in [0.5, 0.6) is 0 Å². The van der Waals surface area contributed by atoms with E-state index >= 15 is 0 Å². The standard InChI is InChI=1S/C23H27F2NO3/c1-3-21(26-13-12-23(2,11-4-14-27)29-22(26)28)17-7-5-16(6-8-17)19-10-9-18(24)15-20(19)25/h5-10,15,21,27H,3-4,11-14H2,1-2H3/t21-,23+/m0/s1. The monoisotopic (exact) mass is 403 g/mol. The molecule has 1 N–H and O–H groups in total. The maximum atomic E-state index is 14.0. The molecule has 0 aliphatic carbocycles. The lowest BCUT2D eigenvalue weighted by molar-refractivity contribution is -0.0540. The van der Waals surface area contributed by atoms with E-state index in [1.54, 1.807) is 17.0 Å². The fourth-order valence-electron chi connectivity index (χ4n) is 3.93. The van der Waals surface area contributed by atoms with Crippen molar-refractivity contribution < 1.29 is 23.4 Å². The number of cyclic esters (lactones) is 1. The molecule has 6 heteroatoms. The van der Waals surface area contributed by atoms with Crippen molar-refractivity contribution in [1.29, 1.82) is 0 Å². The predicted octanol–water partition coefficient (Wildman–Crippen LogP) is 5.46. The van der Waals surface area contributed by atoms with Crippen LogP contribution in [0.2, 0.25) is 0 Å². The molecule has 1 amide bonds. The third kappa shape index (κ3) is 4.75. The summed E-state index contributed by atoms with van der Waals surface area (Å²) < 4.78 is 32.9. The lowest BCUT2D eigenvalue weighted by Crippen LogP contribution is -2.49. The van der Waals surface area contributed by atoms with Crippen LogP contribution in [0.1, 0.15) is 51.1 Å². The highest BCUT2D eigenvalue weighted by Gasteiger charge is 2.38. The Labute approximate surface area is 170 Å². The first-order chi connectivity index (χ1) is 13.9. The van der Waals surface area contributed by atoms with Crippen LogP contribution in [0.3, 0.4) is 0 Å². The van der Waals surface area contributed by atoms with Crippen molar-refractivity contribution in [3.8, 4) is 11.1 Å². The first-order valence-corrected chi connectivity index (χ1v) is 10.0. The van der Waals surface area contributed by atoms with E-state index in [2.05, 4.69) is 0 Å². The van der Waals surface area contributed by atoms with Crippen molar-refractivity contribution in [2.75, 3.05) is 13.2 Å². The van der Waals surface area contributed by atoms with Gasteiger partial charge in [0.25, 0.3) is 0 Å². The first kappa shape index (κ1) is 21.2. The molecule has 0 radical (unpaired) electrons. The summed E-state index contributed by atoms with van der Waals surface area (Å²) in [6, 6.07) is 10.7. The number of aliphatic hydroxyl groups excluding tert-OH is 1. The van der Waals surface area contributed by atoms with Gasteiger partial charge in [0.2, 0.25) is 0 Å². The highest BCUT2D eigenvalue weighted by atomic mass is 19.1. The van der Waals surface area contributed by atoms with Gasteiger partial charge in [-0.05, 0) is 49.4 Å². The molecule has 0 spiro atoms. The third-order valence-electron chi connectivity index (χ3n) is 5.61. The Kier molecular flexibility index (Phi) is 6.52. The quantitative estimate of drug-likeness (QED) is 0.668. The Morgan fingerprint density at radius 1 is 1.21 bits per heavy atom. The number of aliphatic hydroxyl groups is 1. The van der Waals surface area contributed by atoms with E-state index in [1.807, 2.05) is 26.0 Å². The molecule has 3 rings (SSSR count). The van der Waals surface area contributed by atoms with Crippen molar-refractivity contribution in [2.45, 2.75) is 51.2 Å². The van der Waals surface area contributed by atoms with Gasteiger partial charge in [0.1, 0.15) is 17.2 Å². The van der Waals surface area contributed by atoms with Crippen LogP contribution in [0.4, 0.5) is 13.6 Å². The lowest BCUT2D eigenvalue weighted by atomic mass is 9.92. The van der Waals surface area contributed by atoms with Crippen molar-refractivity contribution in [3.63, 3.8) is 0 Å². The number of amides is 1. The van der Waals surface area contributed by atoms with E-state index in [-0.39, 0.29) is 18.7 Å². The molecule has 1 fully saturated rings. The maximum Gasteiger partial charge on any atom is 0.410 e. The molecule has 0 aromatic heterocycles. The molecule has 1 aliphatic rings. The number of ether oxygens (including phenoxy) is 1. The van der Waals surface area contributed by atoms with E-state index < -0.39 is 17.2 Å². The number of halogens is 2. The Hall–Kier alpha value is -2.47. The number of hydrogen-bond donors (Lipinski definition) is 1. The van der Waals surface area contributed by atoms with Crippen molar-refractivity contribution in [1.82, 2.24) is 4.90 Å². The summed E-state index contributed by atoms with van der Waals surface area (Å²) in [6.45, 7) is 4.57. The summed E-state index contributed by atoms with van der Waals surface area (Å²) >= 11 is 0. The summed E-state index contributed by atoms with van der Waals surface area (Å²) in [5.41, 5.74) is 1.38. The van der Waals surface area contributed by atoms with Crippen molar-refractivity contribution >= 4 is 6.09 Å². The number of carbonyl (C=O) groups is 1. The fourth-order valence-corrected chi connectivity index (χ4v) is 3.93. The molecule has 1 saturated heterocycles. The summed E-state index contributed by atoms with van der Waals surface area (Å²) in [7, 11) is 0. The zero-order valence-electron chi connectivity index (χ0n) is 16.8. The van der Waals surface area contributed by atoms with E-state index in [0.29, 0.717) is 43.4 Å². The van der Waals surface area contributed by atoms with Crippen LogP contribution in [0.15, 0.2) is 42.5 Å². The fraction of sp³-hybridized carbons (Fsp3) is 0.435. The largest absolute Gasteiger partial charge is 0.443 e. The topological polar surface area (TPSA) is 49.8 Å². The Balaban J connectivity index is 1.76. The molecule has 29 heavy (non-hydrogen) atoms. The van der Waals surface area contributed by atoms with E-state index in [0.717, 1.165) is 11.6 Å². The molecule has 156 valence electrons. The summed E-state index contributed by atoms with van der Waals surface area (Å²) in [4.78, 5) is 14.4. The molecule has 2 aromatic carbocycles. The van der Waals surface area contributed by atoms with E-state index in [1.165, 1.54) is 12.1 Å². The number of rotatable bonds is 7. The smallest absolute Gasteiger partial charge is 0.410 e. The molecule has 2 atom stereocenters. The van der Waals surface area contributed by atoms with Gasteiger partial charge in [-0.3, -0.25) is 0 Å². The minimum Gasteiger partial charge on any atom is -0.443 e. The minimum atomic E-state index is -0.608. The molecule has 0 unspecified atom stereocenters. The third-order valence-corrected chi connectivity index (χ3v) is 5.61. The molecule has 0 saturated carbocycles. The maximum absolute atomic E-state index is 14.0. The number of nitrogens with zero attached hydrogens (tertiary/aromatic N) is 1. The van der Waals surface area contributed by atoms with Gasteiger partial charge in [0.15, 0.2) is 0 Å². The SMILES string of the molecule is CC[C@@H](c1ccc(-c2ccc(F)cc2F)cc1)N1CC[C@@](C)(CCCO)OC1=O. The molecule has 1 heterocycles. The van der Waals surface area contributed by atoms with Gasteiger partial charge in [0.05, 0.1) is 6.04 Å². The summed E-state index contributed by atoms with van der Waals surface area (Å²) in [5, 5.41) is 9.05. The van der Waals surface area contributed by atoms with Crippen LogP contribution >= 0.6 is 0 Å². The summed E-state index contributed by atoms with van der Waals surface area (Å²) in [6.07, 6.45) is 2.30. The van der Waals surface area contributed by atoms with Crippen LogP contribution in [-0.2, 0) is 4.74 Å². The Morgan fingerprint density at radius 2 is 1.93 bits per heavy atom. The van der Waals surface area contributed by atoms with Gasteiger partial charge in [-0.25, -0.2) is 13.6 Å². The molecular weight excluding hydrogens is 376 g/mol. The van der Waals surface area contributed by atoms with Gasteiger partial charge < -0.3 is 14.7 Å². The normalized spacial score (nSPS) is 20.4. The van der Waals surface area contributed by atoms with Gasteiger partial charge in [-0.15, -0.1) is 0 Å². The second kappa shape index (κ2) is 8.91. The number of carbonyl (C=O) groups excluding carboxylic acids is 1. The second-order valence-corrected chi connectivity index (χ2v) is 7.76. The van der Waals surface area contributed by atoms with Crippen molar-refractivity contribution in [2.24, 2.45) is 0 Å². The molecule has 2 aromatic rings. The zero-order chi connectivity index (χ0) is 21.0. The van der Waals surface area contributed by atoms with E-state index in [9.17, 15) is 13.6 Å². The Bertz CT molecular complexity index is 856. The first-order valence-electron chi connectivity index (χ1n) is 10.0. The Morgan fingerprint density at radius 3 is 2.52 bits per heavy atom. The highest BCUT2D eigenvalue weighted by molar-refractivity contribution is 5.70. The van der Waals surface area contributed by atoms with Gasteiger partial charge >= 0.3 is 6.09 Å². The lowest BCUT2D eigenvalue weighted by Gasteiger charge is -2.42.